The van der Waals surface area contributed by atoms with E-state index in [-0.39, 0.29) is 35.5 Å². The van der Waals surface area contributed by atoms with Crippen LogP contribution in [0.5, 0.6) is 0 Å². The molecule has 0 bridgehead atoms. The number of carbonyl (C=O) groups excluding carboxylic acids is 3. The Morgan fingerprint density at radius 3 is 2.06 bits per heavy atom. The Labute approximate surface area is 204 Å². The number of ether oxygens (including phenoxy) is 1. The van der Waals surface area contributed by atoms with Crippen molar-refractivity contribution in [2.45, 2.75) is 105 Å². The largest absolute Gasteiger partial charge is 0.480 e. The maximum Gasteiger partial charge on any atom is 0.408 e. The molecule has 0 heterocycles. The molecule has 9 heteroatoms. The molecule has 0 radical (unpaired) electrons. The van der Waals surface area contributed by atoms with Crippen LogP contribution in [0, 0.1) is 23.7 Å². The van der Waals surface area contributed by atoms with Crippen LogP contribution in [0.2, 0.25) is 0 Å². The topological polar surface area (TPSA) is 134 Å². The molecule has 34 heavy (non-hydrogen) atoms. The first kappa shape index (κ1) is 29.7. The van der Waals surface area contributed by atoms with Crippen LogP contribution in [0.25, 0.3) is 0 Å². The van der Waals surface area contributed by atoms with Gasteiger partial charge in [0.15, 0.2) is 0 Å². The van der Waals surface area contributed by atoms with E-state index < -0.39 is 29.7 Å². The molecule has 0 aromatic heterocycles. The maximum absolute atomic E-state index is 12.8. The highest BCUT2D eigenvalue weighted by molar-refractivity contribution is 5.86. The van der Waals surface area contributed by atoms with Gasteiger partial charge in [0.2, 0.25) is 11.8 Å². The van der Waals surface area contributed by atoms with E-state index in [0.29, 0.717) is 25.8 Å². The lowest BCUT2D eigenvalue weighted by atomic mass is 9.81. The third-order valence-corrected chi connectivity index (χ3v) is 6.27. The summed E-state index contributed by atoms with van der Waals surface area (Å²) < 4.78 is 5.30. The van der Waals surface area contributed by atoms with Gasteiger partial charge in [-0.25, -0.2) is 9.59 Å². The Bertz CT molecular complexity index is 695. The van der Waals surface area contributed by atoms with Gasteiger partial charge in [-0.2, -0.15) is 0 Å². The summed E-state index contributed by atoms with van der Waals surface area (Å²) in [4.78, 5) is 49.0. The van der Waals surface area contributed by atoms with Crippen molar-refractivity contribution in [3.63, 3.8) is 0 Å². The molecule has 3 amide bonds. The molecule has 1 rings (SSSR count). The Hall–Kier alpha value is -2.32. The fraction of sp³-hybridized carbons (Fsp3) is 0.840. The molecule has 1 fully saturated rings. The second-order valence-corrected chi connectivity index (χ2v) is 11.0. The Morgan fingerprint density at radius 2 is 1.59 bits per heavy atom. The lowest BCUT2D eigenvalue weighted by molar-refractivity contribution is -0.143. The maximum atomic E-state index is 12.8. The number of hydrogen-bond donors (Lipinski definition) is 4. The van der Waals surface area contributed by atoms with Gasteiger partial charge in [-0.1, -0.05) is 34.1 Å². The van der Waals surface area contributed by atoms with E-state index in [9.17, 15) is 24.3 Å². The zero-order valence-corrected chi connectivity index (χ0v) is 21.9. The highest BCUT2D eigenvalue weighted by Gasteiger charge is 2.31. The summed E-state index contributed by atoms with van der Waals surface area (Å²) >= 11 is 0. The molecule has 1 unspecified atom stereocenters. The third kappa shape index (κ3) is 10.7. The second-order valence-electron chi connectivity index (χ2n) is 11.0. The molecule has 0 spiro atoms. The molecule has 0 aromatic carbocycles. The Morgan fingerprint density at radius 1 is 1.00 bits per heavy atom. The van der Waals surface area contributed by atoms with Gasteiger partial charge in [0.1, 0.15) is 17.7 Å². The SMILES string of the molecule is CCC(C)[C@H](NC(=O)OC(C)(C)C)C(=O)NCC1CCC(C(=O)N[C@H](CC(C)C)C(=O)O)CC1. The summed E-state index contributed by atoms with van der Waals surface area (Å²) in [6.07, 6.45) is 3.37. The lowest BCUT2D eigenvalue weighted by Gasteiger charge is -2.30. The number of amides is 3. The zero-order chi connectivity index (χ0) is 26.1. The molecule has 1 saturated carbocycles. The average molecular weight is 484 g/mol. The van der Waals surface area contributed by atoms with Gasteiger partial charge in [0, 0.05) is 12.5 Å². The third-order valence-electron chi connectivity index (χ3n) is 6.27. The number of nitrogens with one attached hydrogen (secondary N) is 3. The Kier molecular flexibility index (Phi) is 11.8. The van der Waals surface area contributed by atoms with E-state index in [4.69, 9.17) is 4.74 Å². The summed E-state index contributed by atoms with van der Waals surface area (Å²) in [6.45, 7) is 13.5. The van der Waals surface area contributed by atoms with Gasteiger partial charge in [-0.15, -0.1) is 0 Å². The fourth-order valence-electron chi connectivity index (χ4n) is 4.10. The summed E-state index contributed by atoms with van der Waals surface area (Å²) in [5.41, 5.74) is -0.648. The molecule has 0 saturated heterocycles. The van der Waals surface area contributed by atoms with Gasteiger partial charge < -0.3 is 25.8 Å². The predicted molar refractivity (Wildman–Crippen MR) is 130 cm³/mol. The van der Waals surface area contributed by atoms with E-state index in [1.54, 1.807) is 20.8 Å². The van der Waals surface area contributed by atoms with E-state index >= 15 is 0 Å². The summed E-state index contributed by atoms with van der Waals surface area (Å²) in [5, 5.41) is 17.7. The Balaban J connectivity index is 2.55. The minimum absolute atomic E-state index is 0.0556. The van der Waals surface area contributed by atoms with Crippen LogP contribution >= 0.6 is 0 Å². The lowest BCUT2D eigenvalue weighted by Crippen LogP contribution is -2.52. The van der Waals surface area contributed by atoms with Crippen molar-refractivity contribution in [2.75, 3.05) is 6.54 Å². The van der Waals surface area contributed by atoms with Crippen LogP contribution in [0.3, 0.4) is 0 Å². The van der Waals surface area contributed by atoms with Crippen molar-refractivity contribution in [1.29, 1.82) is 0 Å². The molecule has 1 aliphatic carbocycles. The molecular formula is C25H45N3O6. The van der Waals surface area contributed by atoms with E-state index in [1.165, 1.54) is 0 Å². The van der Waals surface area contributed by atoms with Crippen LogP contribution in [0.1, 0.15) is 87.0 Å². The van der Waals surface area contributed by atoms with Gasteiger partial charge in [0.05, 0.1) is 0 Å². The van der Waals surface area contributed by atoms with Gasteiger partial charge >= 0.3 is 12.1 Å². The molecule has 196 valence electrons. The van der Waals surface area contributed by atoms with Crippen molar-refractivity contribution in [3.05, 3.63) is 0 Å². The summed E-state index contributed by atoms with van der Waals surface area (Å²) in [6, 6.07) is -1.55. The number of rotatable bonds is 11. The van der Waals surface area contributed by atoms with Crippen LogP contribution in [-0.2, 0) is 19.1 Å². The van der Waals surface area contributed by atoms with E-state index in [0.717, 1.165) is 19.3 Å². The average Bonchev–Trinajstić information content (AvgIpc) is 2.73. The van der Waals surface area contributed by atoms with E-state index in [1.807, 2.05) is 27.7 Å². The van der Waals surface area contributed by atoms with Crippen molar-refractivity contribution < 1.29 is 29.0 Å². The molecule has 9 nitrogen and oxygen atoms in total. The quantitative estimate of drug-likeness (QED) is 0.356. The highest BCUT2D eigenvalue weighted by Crippen LogP contribution is 2.29. The van der Waals surface area contributed by atoms with Gasteiger partial charge in [0.25, 0.3) is 0 Å². The highest BCUT2D eigenvalue weighted by atomic mass is 16.6. The molecule has 0 aliphatic heterocycles. The first-order valence-electron chi connectivity index (χ1n) is 12.5. The van der Waals surface area contributed by atoms with Crippen LogP contribution < -0.4 is 16.0 Å². The number of carbonyl (C=O) groups is 4. The zero-order valence-electron chi connectivity index (χ0n) is 21.9. The number of hydrogen-bond acceptors (Lipinski definition) is 5. The summed E-state index contributed by atoms with van der Waals surface area (Å²) in [5.74, 6) is -1.30. The van der Waals surface area contributed by atoms with Crippen LogP contribution in [-0.4, -0.2) is 53.2 Å². The van der Waals surface area contributed by atoms with Crippen molar-refractivity contribution >= 4 is 23.9 Å². The number of carboxylic acids is 1. The number of carboxylic acid groups (broad SMARTS) is 1. The minimum atomic E-state index is -1.01. The van der Waals surface area contributed by atoms with E-state index in [2.05, 4.69) is 16.0 Å². The van der Waals surface area contributed by atoms with Crippen molar-refractivity contribution in [3.8, 4) is 0 Å². The van der Waals surface area contributed by atoms with Crippen LogP contribution in [0.4, 0.5) is 4.79 Å². The molecule has 4 N–H and O–H groups in total. The van der Waals surface area contributed by atoms with Gasteiger partial charge in [-0.05, 0) is 70.6 Å². The van der Waals surface area contributed by atoms with Crippen molar-refractivity contribution in [2.24, 2.45) is 23.7 Å². The standard InChI is InChI=1S/C25H45N3O6/c1-8-16(4)20(28-24(33)34-25(5,6)7)22(30)26-14-17-9-11-18(12-10-17)21(29)27-19(23(31)32)13-15(2)3/h15-20H,8-14H2,1-7H3,(H,26,30)(H,27,29)(H,28,33)(H,31,32)/t16?,17?,18?,19-,20+/m1/s1. The van der Waals surface area contributed by atoms with Crippen LogP contribution in [0.15, 0.2) is 0 Å². The fourth-order valence-corrected chi connectivity index (χ4v) is 4.10. The number of alkyl carbamates (subject to hydrolysis) is 1. The minimum Gasteiger partial charge on any atom is -0.480 e. The first-order chi connectivity index (χ1) is 15.7. The molecule has 3 atom stereocenters. The molecule has 1 aliphatic rings. The smallest absolute Gasteiger partial charge is 0.408 e. The summed E-state index contributed by atoms with van der Waals surface area (Å²) in [7, 11) is 0. The predicted octanol–water partition coefficient (Wildman–Crippen LogP) is 3.46. The second kappa shape index (κ2) is 13.5. The molecular weight excluding hydrogens is 438 g/mol. The molecule has 0 aromatic rings. The normalized spacial score (nSPS) is 21.2. The van der Waals surface area contributed by atoms with Gasteiger partial charge in [-0.3, -0.25) is 9.59 Å². The monoisotopic (exact) mass is 483 g/mol. The van der Waals surface area contributed by atoms with Crippen molar-refractivity contribution in [1.82, 2.24) is 16.0 Å². The first-order valence-corrected chi connectivity index (χ1v) is 12.5. The number of aliphatic carboxylic acids is 1.